The Morgan fingerprint density at radius 2 is 1.95 bits per heavy atom. The minimum absolute atomic E-state index is 0.0909. The van der Waals surface area contributed by atoms with Gasteiger partial charge in [0, 0.05) is 11.3 Å². The molecule has 6 fully saturated rings. The van der Waals surface area contributed by atoms with E-state index in [1.807, 2.05) is 0 Å². The molecule has 4 bridgehead atoms. The maximum absolute atomic E-state index is 13.2. The summed E-state index contributed by atoms with van der Waals surface area (Å²) in [6.07, 6.45) is 6.46. The van der Waals surface area contributed by atoms with Gasteiger partial charge in [-0.25, -0.2) is 0 Å². The molecule has 1 spiro atoms. The van der Waals surface area contributed by atoms with Crippen molar-refractivity contribution in [3.8, 4) is 0 Å². The second kappa shape index (κ2) is 3.21. The van der Waals surface area contributed by atoms with Crippen LogP contribution in [-0.4, -0.2) is 11.6 Å². The quantitative estimate of drug-likeness (QED) is 0.503. The molecule has 0 aromatic rings. The minimum atomic E-state index is -0.586. The van der Waals surface area contributed by atoms with E-state index in [9.17, 15) is 9.59 Å². The van der Waals surface area contributed by atoms with E-state index in [0.717, 1.165) is 25.7 Å². The van der Waals surface area contributed by atoms with Gasteiger partial charge in [0.05, 0.1) is 5.41 Å². The Kier molecular flexibility index (Phi) is 1.93. The van der Waals surface area contributed by atoms with Crippen molar-refractivity contribution in [2.75, 3.05) is 0 Å². The van der Waals surface area contributed by atoms with Gasteiger partial charge in [0.2, 0.25) is 0 Å². The van der Waals surface area contributed by atoms with Crippen molar-refractivity contribution in [2.45, 2.75) is 52.4 Å². The van der Waals surface area contributed by atoms with Crippen LogP contribution in [0.1, 0.15) is 52.4 Å². The van der Waals surface area contributed by atoms with Crippen molar-refractivity contribution < 1.29 is 9.59 Å². The van der Waals surface area contributed by atoms with Crippen molar-refractivity contribution in [1.29, 1.82) is 0 Å². The van der Waals surface area contributed by atoms with Gasteiger partial charge in [-0.05, 0) is 61.7 Å². The average molecular weight is 284 g/mol. The molecule has 0 aromatic carbocycles. The zero-order valence-corrected chi connectivity index (χ0v) is 13.1. The highest BCUT2D eigenvalue weighted by molar-refractivity contribution is 6.22. The van der Waals surface area contributed by atoms with Crippen LogP contribution in [0.2, 0.25) is 0 Å². The lowest BCUT2D eigenvalue weighted by Gasteiger charge is -2.60. The van der Waals surface area contributed by atoms with Gasteiger partial charge in [-0.15, -0.1) is 0 Å². The second-order valence-corrected chi connectivity index (χ2v) is 8.93. The fraction of sp³-hybridized carbons (Fsp3) is 0.789. The van der Waals surface area contributed by atoms with Crippen LogP contribution < -0.4 is 0 Å². The van der Waals surface area contributed by atoms with Gasteiger partial charge in [-0.3, -0.25) is 9.59 Å². The number of fused-ring (bicyclic) bond motifs is 1. The largest absolute Gasteiger partial charge is 0.298 e. The van der Waals surface area contributed by atoms with Gasteiger partial charge < -0.3 is 0 Å². The predicted octanol–water partition coefficient (Wildman–Crippen LogP) is 3.55. The van der Waals surface area contributed by atoms with Crippen LogP contribution in [-0.2, 0) is 9.59 Å². The first kappa shape index (κ1) is 12.6. The number of carbonyl (C=O) groups is 2. The van der Waals surface area contributed by atoms with E-state index in [1.165, 1.54) is 18.4 Å². The highest BCUT2D eigenvalue weighted by atomic mass is 16.2. The summed E-state index contributed by atoms with van der Waals surface area (Å²) in [5.41, 5.74) is 0.686. The smallest absolute Gasteiger partial charge is 0.153 e. The standard InChI is InChI=1S/C19H24O2/c1-10-5-4-7-17(2)11(10)6-8-19-13(17)9-12-14(15(19)20)18(12,3)16(19)21/h11-14H,1,4-9H2,2-3H3/t11-,12+,13+,14?,17-,18-,19+/m1/s1. The summed E-state index contributed by atoms with van der Waals surface area (Å²) >= 11 is 0. The van der Waals surface area contributed by atoms with E-state index >= 15 is 0 Å². The van der Waals surface area contributed by atoms with Crippen LogP contribution in [0.25, 0.3) is 0 Å². The summed E-state index contributed by atoms with van der Waals surface area (Å²) in [6.45, 7) is 8.77. The molecular weight excluding hydrogens is 260 g/mol. The lowest BCUT2D eigenvalue weighted by atomic mass is 9.42. The molecule has 0 N–H and O–H groups in total. The van der Waals surface area contributed by atoms with E-state index in [4.69, 9.17) is 0 Å². The molecule has 6 rings (SSSR count). The Morgan fingerprint density at radius 1 is 1.19 bits per heavy atom. The van der Waals surface area contributed by atoms with Crippen LogP contribution >= 0.6 is 0 Å². The van der Waals surface area contributed by atoms with E-state index in [1.54, 1.807) is 0 Å². The third-order valence-electron chi connectivity index (χ3n) is 8.54. The number of hydrogen-bond donors (Lipinski definition) is 0. The van der Waals surface area contributed by atoms with Crippen molar-refractivity contribution >= 4 is 11.6 Å². The van der Waals surface area contributed by atoms with Gasteiger partial charge in [0.25, 0.3) is 0 Å². The summed E-state index contributed by atoms with van der Waals surface area (Å²) in [7, 11) is 0. The SMILES string of the molecule is C=C1CCC[C@]2(C)[C@@H]1CC[C@@]13C(=O)C4[C@H](C[C@H]12)[C@@]4(C)C3=O. The summed E-state index contributed by atoms with van der Waals surface area (Å²) < 4.78 is 0. The Balaban J connectivity index is 1.67. The van der Waals surface area contributed by atoms with Gasteiger partial charge in [-0.2, -0.15) is 0 Å². The Labute approximate surface area is 126 Å². The molecule has 2 nitrogen and oxygen atoms in total. The Bertz CT molecular complexity index is 619. The number of ketones is 2. The molecule has 0 saturated heterocycles. The van der Waals surface area contributed by atoms with Crippen molar-refractivity contribution in [2.24, 2.45) is 39.9 Å². The highest BCUT2D eigenvalue weighted by Gasteiger charge is 2.87. The van der Waals surface area contributed by atoms with Crippen molar-refractivity contribution in [1.82, 2.24) is 0 Å². The number of rotatable bonds is 0. The number of hydrogen-bond acceptors (Lipinski definition) is 2. The summed E-state index contributed by atoms with van der Waals surface area (Å²) in [5, 5.41) is 0. The fourth-order valence-corrected chi connectivity index (χ4v) is 7.48. The molecule has 6 aliphatic rings. The lowest BCUT2D eigenvalue weighted by Crippen LogP contribution is -2.60. The van der Waals surface area contributed by atoms with Crippen LogP contribution in [0, 0.1) is 39.9 Å². The zero-order valence-electron chi connectivity index (χ0n) is 13.1. The number of Topliss-reactive ketones (excluding diaryl/α,β-unsaturated/α-hetero) is 2. The lowest BCUT2D eigenvalue weighted by molar-refractivity contribution is -0.166. The third-order valence-corrected chi connectivity index (χ3v) is 8.54. The monoisotopic (exact) mass is 284 g/mol. The third kappa shape index (κ3) is 1.01. The first-order chi connectivity index (χ1) is 9.88. The first-order valence-electron chi connectivity index (χ1n) is 8.65. The van der Waals surface area contributed by atoms with E-state index < -0.39 is 5.41 Å². The summed E-state index contributed by atoms with van der Waals surface area (Å²) in [6, 6.07) is 0. The van der Waals surface area contributed by atoms with Gasteiger partial charge in [0.15, 0.2) is 11.6 Å². The van der Waals surface area contributed by atoms with Crippen molar-refractivity contribution in [3.05, 3.63) is 12.2 Å². The molecule has 6 saturated carbocycles. The minimum Gasteiger partial charge on any atom is -0.298 e. The molecule has 0 aromatic heterocycles. The number of carbonyl (C=O) groups excluding carboxylic acids is 2. The van der Waals surface area contributed by atoms with Crippen LogP contribution in [0.3, 0.4) is 0 Å². The maximum Gasteiger partial charge on any atom is 0.153 e. The van der Waals surface area contributed by atoms with Gasteiger partial charge in [-0.1, -0.05) is 26.0 Å². The molecule has 0 aliphatic heterocycles. The molecule has 112 valence electrons. The summed E-state index contributed by atoms with van der Waals surface area (Å²) in [4.78, 5) is 26.2. The van der Waals surface area contributed by atoms with Crippen molar-refractivity contribution in [3.63, 3.8) is 0 Å². The van der Waals surface area contributed by atoms with E-state index in [0.29, 0.717) is 29.3 Å². The Hall–Kier alpha value is -0.920. The molecule has 21 heavy (non-hydrogen) atoms. The molecular formula is C19H24O2. The van der Waals surface area contributed by atoms with Crippen LogP contribution in [0.5, 0.6) is 0 Å². The van der Waals surface area contributed by atoms with Crippen LogP contribution in [0.4, 0.5) is 0 Å². The summed E-state index contributed by atoms with van der Waals surface area (Å²) in [5.74, 6) is 1.99. The highest BCUT2D eigenvalue weighted by Crippen LogP contribution is 2.81. The topological polar surface area (TPSA) is 34.1 Å². The molecule has 7 atom stereocenters. The molecule has 6 aliphatic carbocycles. The second-order valence-electron chi connectivity index (χ2n) is 8.93. The fourth-order valence-electron chi connectivity index (χ4n) is 7.48. The Morgan fingerprint density at radius 3 is 2.62 bits per heavy atom. The van der Waals surface area contributed by atoms with E-state index in [-0.39, 0.29) is 16.7 Å². The predicted molar refractivity (Wildman–Crippen MR) is 79.5 cm³/mol. The molecule has 0 radical (unpaired) electrons. The zero-order chi connectivity index (χ0) is 14.8. The normalized spacial score (nSPS) is 60.6. The van der Waals surface area contributed by atoms with Crippen LogP contribution in [0.15, 0.2) is 12.2 Å². The van der Waals surface area contributed by atoms with E-state index in [2.05, 4.69) is 20.4 Å². The van der Waals surface area contributed by atoms with Gasteiger partial charge >= 0.3 is 0 Å². The maximum atomic E-state index is 13.2. The first-order valence-corrected chi connectivity index (χ1v) is 8.65. The average Bonchev–Trinajstić information content (AvgIpc) is 3.02. The molecule has 2 heteroatoms. The van der Waals surface area contributed by atoms with Gasteiger partial charge in [0.1, 0.15) is 0 Å². The number of allylic oxidation sites excluding steroid dienone is 1. The molecule has 0 heterocycles. The molecule has 1 unspecified atom stereocenters. The molecule has 0 amide bonds.